The summed E-state index contributed by atoms with van der Waals surface area (Å²) in [4.78, 5) is 15.8. The number of thioether (sulfide) groups is 3. The van der Waals surface area contributed by atoms with Gasteiger partial charge < -0.3 is 9.32 Å². The third-order valence-electron chi connectivity index (χ3n) is 3.58. The zero-order chi connectivity index (χ0) is 16.9. The number of carbonyl (C=O) groups excluding carboxylic acids is 1. The van der Waals surface area contributed by atoms with Gasteiger partial charge in [-0.3, -0.25) is 4.79 Å². The Morgan fingerprint density at radius 3 is 3.08 bits per heavy atom. The lowest BCUT2D eigenvalue weighted by Gasteiger charge is -2.22. The van der Waals surface area contributed by atoms with Gasteiger partial charge in [0.1, 0.15) is 0 Å². The molecule has 1 atom stereocenters. The van der Waals surface area contributed by atoms with Crippen LogP contribution in [0.2, 0.25) is 0 Å². The molecule has 2 heterocycles. The van der Waals surface area contributed by atoms with Crippen LogP contribution in [0.25, 0.3) is 0 Å². The molecule has 1 aromatic heterocycles. The zero-order valence-corrected chi connectivity index (χ0v) is 16.0. The summed E-state index contributed by atoms with van der Waals surface area (Å²) < 4.78 is 5.52. The second-order valence-electron chi connectivity index (χ2n) is 5.41. The molecule has 1 aliphatic rings. The standard InChI is InChI=1S/C16H19N3O2S3/c1-11-7-8-19(12-5-3-4-6-13(12)24-11)15(20)10-23-16-18-17-14(21-16)9-22-2/h3-6,11H,7-10H2,1-2H3/t11-/m1/s1. The number of anilines is 1. The number of hydrogen-bond donors (Lipinski definition) is 0. The Hall–Kier alpha value is -1.12. The number of rotatable bonds is 5. The summed E-state index contributed by atoms with van der Waals surface area (Å²) in [7, 11) is 0. The van der Waals surface area contributed by atoms with Gasteiger partial charge in [0.2, 0.25) is 11.8 Å². The molecule has 0 saturated carbocycles. The Morgan fingerprint density at radius 1 is 1.42 bits per heavy atom. The molecule has 0 N–H and O–H groups in total. The summed E-state index contributed by atoms with van der Waals surface area (Å²) in [5.74, 6) is 1.67. The predicted molar refractivity (Wildman–Crippen MR) is 101 cm³/mol. The van der Waals surface area contributed by atoms with Crippen LogP contribution >= 0.6 is 35.3 Å². The average Bonchev–Trinajstić information content (AvgIpc) is 2.94. The maximum absolute atomic E-state index is 12.7. The average molecular weight is 382 g/mol. The molecule has 1 amide bonds. The van der Waals surface area contributed by atoms with Crippen molar-refractivity contribution < 1.29 is 9.21 Å². The van der Waals surface area contributed by atoms with E-state index in [1.807, 2.05) is 41.1 Å². The molecule has 0 aliphatic carbocycles. The summed E-state index contributed by atoms with van der Waals surface area (Å²) in [6, 6.07) is 8.11. The summed E-state index contributed by atoms with van der Waals surface area (Å²) in [5.41, 5.74) is 1.01. The first-order valence-corrected chi connectivity index (χ1v) is 10.9. The van der Waals surface area contributed by atoms with Crippen LogP contribution in [0, 0.1) is 0 Å². The first-order valence-electron chi connectivity index (χ1n) is 7.67. The van der Waals surface area contributed by atoms with Crippen LogP contribution in [0.1, 0.15) is 19.2 Å². The number of benzene rings is 1. The molecule has 0 radical (unpaired) electrons. The van der Waals surface area contributed by atoms with Crippen molar-refractivity contribution in [1.82, 2.24) is 10.2 Å². The van der Waals surface area contributed by atoms with E-state index < -0.39 is 0 Å². The largest absolute Gasteiger partial charge is 0.415 e. The Labute approximate surface area is 154 Å². The fourth-order valence-electron chi connectivity index (χ4n) is 2.43. The monoisotopic (exact) mass is 381 g/mol. The molecule has 0 spiro atoms. The van der Waals surface area contributed by atoms with Gasteiger partial charge in [0.05, 0.1) is 17.2 Å². The Balaban J connectivity index is 1.67. The molecular formula is C16H19N3O2S3. The second kappa shape index (κ2) is 8.31. The van der Waals surface area contributed by atoms with Crippen LogP contribution in [0.4, 0.5) is 5.69 Å². The van der Waals surface area contributed by atoms with E-state index in [-0.39, 0.29) is 5.91 Å². The number of amides is 1. The van der Waals surface area contributed by atoms with Gasteiger partial charge >= 0.3 is 0 Å². The van der Waals surface area contributed by atoms with Gasteiger partial charge in [-0.2, -0.15) is 11.8 Å². The van der Waals surface area contributed by atoms with Gasteiger partial charge in [-0.05, 0) is 24.8 Å². The molecule has 1 aliphatic heterocycles. The normalized spacial score (nSPS) is 17.4. The molecule has 5 nitrogen and oxygen atoms in total. The van der Waals surface area contributed by atoms with Gasteiger partial charge in [-0.15, -0.1) is 22.0 Å². The van der Waals surface area contributed by atoms with Crippen LogP contribution in [-0.4, -0.2) is 39.9 Å². The van der Waals surface area contributed by atoms with E-state index in [2.05, 4.69) is 23.2 Å². The van der Waals surface area contributed by atoms with E-state index >= 15 is 0 Å². The molecule has 3 rings (SSSR count). The lowest BCUT2D eigenvalue weighted by molar-refractivity contribution is -0.116. The molecule has 0 saturated heterocycles. The van der Waals surface area contributed by atoms with E-state index in [1.54, 1.807) is 11.8 Å². The van der Waals surface area contributed by atoms with E-state index in [0.717, 1.165) is 18.7 Å². The van der Waals surface area contributed by atoms with Crippen LogP contribution in [0.3, 0.4) is 0 Å². The predicted octanol–water partition coefficient (Wildman–Crippen LogP) is 3.94. The Morgan fingerprint density at radius 2 is 2.25 bits per heavy atom. The number of fused-ring (bicyclic) bond motifs is 1. The summed E-state index contributed by atoms with van der Waals surface area (Å²) >= 11 is 4.76. The molecule has 128 valence electrons. The third-order valence-corrected chi connectivity index (χ3v) is 6.16. The Bertz CT molecular complexity index is 707. The third kappa shape index (κ3) is 4.29. The minimum absolute atomic E-state index is 0.0757. The van der Waals surface area contributed by atoms with Crippen molar-refractivity contribution in [2.75, 3.05) is 23.5 Å². The highest BCUT2D eigenvalue weighted by molar-refractivity contribution is 8.00. The number of nitrogens with zero attached hydrogens (tertiary/aromatic N) is 3. The molecule has 2 aromatic rings. The van der Waals surface area contributed by atoms with Crippen molar-refractivity contribution in [3.05, 3.63) is 30.2 Å². The van der Waals surface area contributed by atoms with E-state index in [0.29, 0.717) is 27.9 Å². The van der Waals surface area contributed by atoms with Crippen molar-refractivity contribution in [1.29, 1.82) is 0 Å². The number of hydrogen-bond acceptors (Lipinski definition) is 7. The summed E-state index contributed by atoms with van der Waals surface area (Å²) in [5, 5.41) is 8.91. The summed E-state index contributed by atoms with van der Waals surface area (Å²) in [6.45, 7) is 2.95. The SMILES string of the molecule is CSCc1nnc(SCC(=O)N2CC[C@@H](C)Sc3ccccc32)o1. The smallest absolute Gasteiger partial charge is 0.277 e. The lowest BCUT2D eigenvalue weighted by atomic mass is 10.2. The molecule has 0 unspecified atom stereocenters. The van der Waals surface area contributed by atoms with Gasteiger partial charge in [-0.25, -0.2) is 0 Å². The van der Waals surface area contributed by atoms with Crippen LogP contribution in [0.5, 0.6) is 0 Å². The van der Waals surface area contributed by atoms with E-state index in [4.69, 9.17) is 4.42 Å². The number of carbonyl (C=O) groups is 1. The Kier molecular flexibility index (Phi) is 6.13. The topological polar surface area (TPSA) is 59.2 Å². The maximum Gasteiger partial charge on any atom is 0.277 e. The van der Waals surface area contributed by atoms with Crippen molar-refractivity contribution in [3.63, 3.8) is 0 Å². The van der Waals surface area contributed by atoms with Crippen LogP contribution < -0.4 is 4.90 Å². The molecule has 0 bridgehead atoms. The minimum atomic E-state index is 0.0757. The number of para-hydroxylation sites is 1. The van der Waals surface area contributed by atoms with Crippen LogP contribution in [0.15, 0.2) is 38.8 Å². The van der Waals surface area contributed by atoms with Gasteiger partial charge in [0, 0.05) is 16.7 Å². The van der Waals surface area contributed by atoms with Crippen molar-refractivity contribution >= 4 is 46.9 Å². The molecule has 24 heavy (non-hydrogen) atoms. The second-order valence-corrected chi connectivity index (χ2v) is 8.69. The highest BCUT2D eigenvalue weighted by atomic mass is 32.2. The molecule has 8 heteroatoms. The van der Waals surface area contributed by atoms with E-state index in [1.165, 1.54) is 16.7 Å². The first kappa shape index (κ1) is 17.7. The quantitative estimate of drug-likeness (QED) is 0.727. The minimum Gasteiger partial charge on any atom is -0.415 e. The first-order chi connectivity index (χ1) is 11.7. The molecular weight excluding hydrogens is 362 g/mol. The van der Waals surface area contributed by atoms with Gasteiger partial charge in [0.25, 0.3) is 5.22 Å². The fourth-order valence-corrected chi connectivity index (χ4v) is 4.56. The van der Waals surface area contributed by atoms with E-state index in [9.17, 15) is 4.79 Å². The van der Waals surface area contributed by atoms with Gasteiger partial charge in [0.15, 0.2) is 0 Å². The fraction of sp³-hybridized carbons (Fsp3) is 0.438. The van der Waals surface area contributed by atoms with Crippen molar-refractivity contribution in [3.8, 4) is 0 Å². The van der Waals surface area contributed by atoms with Gasteiger partial charge in [-0.1, -0.05) is 30.8 Å². The number of aromatic nitrogens is 2. The maximum atomic E-state index is 12.7. The molecule has 1 aromatic carbocycles. The zero-order valence-electron chi connectivity index (χ0n) is 13.6. The highest BCUT2D eigenvalue weighted by Gasteiger charge is 2.24. The van der Waals surface area contributed by atoms with Crippen LogP contribution in [-0.2, 0) is 10.5 Å². The van der Waals surface area contributed by atoms with Crippen molar-refractivity contribution in [2.24, 2.45) is 0 Å². The lowest BCUT2D eigenvalue weighted by Crippen LogP contribution is -2.33. The molecule has 0 fully saturated rings. The highest BCUT2D eigenvalue weighted by Crippen LogP contribution is 2.37. The van der Waals surface area contributed by atoms with Crippen molar-refractivity contribution in [2.45, 2.75) is 34.5 Å². The summed E-state index contributed by atoms with van der Waals surface area (Å²) in [6.07, 6.45) is 2.96.